The Bertz CT molecular complexity index is 1320. The third-order valence-electron chi connectivity index (χ3n) is 8.03. The van der Waals surface area contributed by atoms with Gasteiger partial charge in [0.25, 0.3) is 0 Å². The van der Waals surface area contributed by atoms with E-state index in [1.165, 1.54) is 13.3 Å². The molecule has 5 nitrogen and oxygen atoms in total. The second-order valence-electron chi connectivity index (χ2n) is 10.6. The van der Waals surface area contributed by atoms with E-state index in [2.05, 4.69) is 9.88 Å². The summed E-state index contributed by atoms with van der Waals surface area (Å²) in [6.07, 6.45) is 1.64. The minimum absolute atomic E-state index is 0.0275. The minimum Gasteiger partial charge on any atom is -0.497 e. The first kappa shape index (κ1) is 29.7. The lowest BCUT2D eigenvalue weighted by Crippen LogP contribution is -2.41. The molecule has 216 valence electrons. The predicted octanol–water partition coefficient (Wildman–Crippen LogP) is 7.11. The number of rotatable bonds is 12. The molecule has 0 spiro atoms. The topological polar surface area (TPSA) is 62.7 Å². The maximum absolute atomic E-state index is 15.8. The van der Waals surface area contributed by atoms with Crippen molar-refractivity contribution in [3.63, 3.8) is 0 Å². The van der Waals surface area contributed by atoms with E-state index < -0.39 is 41.7 Å². The van der Waals surface area contributed by atoms with Gasteiger partial charge in [-0.1, -0.05) is 0 Å². The summed E-state index contributed by atoms with van der Waals surface area (Å²) in [7, 11) is 1.49. The van der Waals surface area contributed by atoms with Crippen molar-refractivity contribution < 1.29 is 36.6 Å². The molecule has 1 N–H and O–H groups in total. The van der Waals surface area contributed by atoms with Gasteiger partial charge >= 0.3 is 5.97 Å². The van der Waals surface area contributed by atoms with Crippen LogP contribution in [0.5, 0.6) is 5.75 Å². The average Bonchev–Trinajstić information content (AvgIpc) is 2.92. The molecule has 1 aliphatic rings. The Morgan fingerprint density at radius 3 is 2.48 bits per heavy atom. The van der Waals surface area contributed by atoms with Crippen LogP contribution in [-0.4, -0.2) is 47.7 Å². The van der Waals surface area contributed by atoms with Gasteiger partial charge in [-0.25, -0.2) is 22.0 Å². The standard InChI is InChI=1S/C30H33F5N2O3/c1-40-21-4-5-27-23(15-21)29(19(17-31)18-36-27)24(33)6-7-30(16-28(38)39)8-11-37(12-9-30)10-2-3-22-25(34)13-20(32)14-26(22)35/h4-5,13-15,18,24H,2-3,6-12,16-17H2,1H3,(H,38,39). The van der Waals surface area contributed by atoms with Crippen LogP contribution in [0.2, 0.25) is 0 Å². The van der Waals surface area contributed by atoms with Gasteiger partial charge in [0.15, 0.2) is 0 Å². The van der Waals surface area contributed by atoms with Crippen molar-refractivity contribution in [1.82, 2.24) is 9.88 Å². The normalized spacial score (nSPS) is 16.2. The molecule has 2 heterocycles. The van der Waals surface area contributed by atoms with Crippen molar-refractivity contribution in [3.05, 3.63) is 70.7 Å². The molecule has 1 fully saturated rings. The number of fused-ring (bicyclic) bond motifs is 1. The second-order valence-corrected chi connectivity index (χ2v) is 10.6. The molecular formula is C30H33F5N2O3. The van der Waals surface area contributed by atoms with Gasteiger partial charge in [-0.2, -0.15) is 0 Å². The minimum atomic E-state index is -1.52. The number of aromatic nitrogens is 1. The maximum atomic E-state index is 15.8. The highest BCUT2D eigenvalue weighted by Gasteiger charge is 2.37. The summed E-state index contributed by atoms with van der Waals surface area (Å²) in [4.78, 5) is 18.1. The summed E-state index contributed by atoms with van der Waals surface area (Å²) in [5.74, 6) is -3.24. The number of aliphatic carboxylic acids is 1. The van der Waals surface area contributed by atoms with E-state index in [9.17, 15) is 27.5 Å². The van der Waals surface area contributed by atoms with Gasteiger partial charge in [0.2, 0.25) is 0 Å². The highest BCUT2D eigenvalue weighted by molar-refractivity contribution is 5.85. The molecule has 2 aromatic carbocycles. The number of pyridine rings is 1. The molecule has 1 atom stereocenters. The number of hydrogen-bond acceptors (Lipinski definition) is 4. The van der Waals surface area contributed by atoms with E-state index in [-0.39, 0.29) is 36.0 Å². The Morgan fingerprint density at radius 2 is 1.85 bits per heavy atom. The van der Waals surface area contributed by atoms with Crippen molar-refractivity contribution >= 4 is 16.9 Å². The fourth-order valence-corrected chi connectivity index (χ4v) is 5.79. The van der Waals surface area contributed by atoms with Crippen molar-refractivity contribution in [2.75, 3.05) is 26.7 Å². The van der Waals surface area contributed by atoms with Crippen molar-refractivity contribution in [1.29, 1.82) is 0 Å². The number of halogens is 5. The van der Waals surface area contributed by atoms with Crippen LogP contribution >= 0.6 is 0 Å². The van der Waals surface area contributed by atoms with Gasteiger partial charge in [-0.3, -0.25) is 9.78 Å². The van der Waals surface area contributed by atoms with Crippen molar-refractivity contribution in [2.45, 2.75) is 57.8 Å². The first-order valence-corrected chi connectivity index (χ1v) is 13.4. The molecule has 1 saturated heterocycles. The van der Waals surface area contributed by atoms with Gasteiger partial charge in [-0.15, -0.1) is 0 Å². The van der Waals surface area contributed by atoms with Crippen molar-refractivity contribution in [2.24, 2.45) is 5.41 Å². The van der Waals surface area contributed by atoms with Gasteiger partial charge in [-0.05, 0) is 81.8 Å². The number of benzene rings is 2. The van der Waals surface area contributed by atoms with E-state index >= 15 is 4.39 Å². The molecule has 0 bridgehead atoms. The van der Waals surface area contributed by atoms with Crippen molar-refractivity contribution in [3.8, 4) is 5.75 Å². The quantitative estimate of drug-likeness (QED) is 0.238. The van der Waals surface area contributed by atoms with Crippen LogP contribution in [0.3, 0.4) is 0 Å². The molecule has 3 aromatic rings. The Kier molecular flexibility index (Phi) is 9.60. The average molecular weight is 565 g/mol. The maximum Gasteiger partial charge on any atom is 0.303 e. The number of piperidine rings is 1. The van der Waals surface area contributed by atoms with Crippen LogP contribution in [0.15, 0.2) is 36.5 Å². The van der Waals surface area contributed by atoms with Gasteiger partial charge in [0.1, 0.15) is 36.0 Å². The number of alkyl halides is 2. The predicted molar refractivity (Wildman–Crippen MR) is 141 cm³/mol. The number of carboxylic acid groups (broad SMARTS) is 1. The van der Waals surface area contributed by atoms with E-state index in [0.29, 0.717) is 74.1 Å². The summed E-state index contributed by atoms with van der Waals surface area (Å²) < 4.78 is 75.9. The van der Waals surface area contributed by atoms with Gasteiger partial charge in [0, 0.05) is 40.4 Å². The lowest BCUT2D eigenvalue weighted by Gasteiger charge is -2.41. The first-order valence-electron chi connectivity index (χ1n) is 13.4. The summed E-state index contributed by atoms with van der Waals surface area (Å²) in [6.45, 7) is 0.778. The Hall–Kier alpha value is -3.27. The monoisotopic (exact) mass is 564 g/mol. The second kappa shape index (κ2) is 12.9. The Labute approximate surface area is 230 Å². The molecule has 0 amide bonds. The number of carbonyl (C=O) groups is 1. The zero-order valence-corrected chi connectivity index (χ0v) is 22.4. The number of nitrogens with zero attached hydrogens (tertiary/aromatic N) is 2. The molecule has 1 aromatic heterocycles. The number of methoxy groups -OCH3 is 1. The molecule has 1 aliphatic heterocycles. The molecule has 0 aliphatic carbocycles. The zero-order chi connectivity index (χ0) is 28.9. The lowest BCUT2D eigenvalue weighted by atomic mass is 9.71. The summed E-state index contributed by atoms with van der Waals surface area (Å²) in [6, 6.07) is 6.36. The fourth-order valence-electron chi connectivity index (χ4n) is 5.79. The molecule has 10 heteroatoms. The largest absolute Gasteiger partial charge is 0.497 e. The van der Waals surface area contributed by atoms with Crippen LogP contribution < -0.4 is 4.74 Å². The van der Waals surface area contributed by atoms with E-state index in [1.54, 1.807) is 18.2 Å². The highest BCUT2D eigenvalue weighted by Crippen LogP contribution is 2.43. The fraction of sp³-hybridized carbons (Fsp3) is 0.467. The van der Waals surface area contributed by atoms with Gasteiger partial charge < -0.3 is 14.7 Å². The smallest absolute Gasteiger partial charge is 0.303 e. The third kappa shape index (κ3) is 6.89. The van der Waals surface area contributed by atoms with Gasteiger partial charge in [0.05, 0.1) is 19.0 Å². The number of hydrogen-bond donors (Lipinski definition) is 1. The SMILES string of the molecule is COc1ccc2ncc(CF)c(C(F)CCC3(CC(=O)O)CCN(CCCc4c(F)cc(F)cc4F)CC3)c2c1. The molecular weight excluding hydrogens is 531 g/mol. The molecule has 4 rings (SSSR count). The Morgan fingerprint density at radius 1 is 1.15 bits per heavy atom. The first-order chi connectivity index (χ1) is 19.1. The van der Waals surface area contributed by atoms with Crippen LogP contribution in [-0.2, 0) is 17.9 Å². The van der Waals surface area contributed by atoms with E-state index in [1.807, 2.05) is 0 Å². The van der Waals surface area contributed by atoms with E-state index in [0.717, 1.165) is 0 Å². The third-order valence-corrected chi connectivity index (χ3v) is 8.03. The van der Waals surface area contributed by atoms with Crippen LogP contribution in [0, 0.1) is 22.9 Å². The number of carboxylic acids is 1. The summed E-state index contributed by atoms with van der Waals surface area (Å²) in [5, 5.41) is 10.1. The van der Waals surface area contributed by atoms with Crippen LogP contribution in [0.4, 0.5) is 22.0 Å². The molecule has 0 saturated carbocycles. The zero-order valence-electron chi connectivity index (χ0n) is 22.4. The lowest BCUT2D eigenvalue weighted by molar-refractivity contribution is -0.141. The van der Waals surface area contributed by atoms with Crippen LogP contribution in [0.25, 0.3) is 10.9 Å². The number of likely N-dealkylation sites (tertiary alicyclic amines) is 1. The summed E-state index contributed by atoms with van der Waals surface area (Å²) in [5.41, 5.74) is 0.114. The summed E-state index contributed by atoms with van der Waals surface area (Å²) >= 11 is 0. The van der Waals surface area contributed by atoms with E-state index in [4.69, 9.17) is 4.74 Å². The Balaban J connectivity index is 1.41. The molecule has 1 unspecified atom stereocenters. The number of ether oxygens (including phenoxy) is 1. The molecule has 40 heavy (non-hydrogen) atoms. The highest BCUT2D eigenvalue weighted by atomic mass is 19.2. The molecule has 0 radical (unpaired) electrons. The van der Waals surface area contributed by atoms with Crippen LogP contribution in [0.1, 0.15) is 61.4 Å².